The number of aromatic nitrogens is 2. The summed E-state index contributed by atoms with van der Waals surface area (Å²) in [6.45, 7) is 1.25. The van der Waals surface area contributed by atoms with Crippen molar-refractivity contribution in [1.82, 2.24) is 9.55 Å². The van der Waals surface area contributed by atoms with Crippen LogP contribution >= 0.6 is 0 Å². The van der Waals surface area contributed by atoms with E-state index < -0.39 is 51.9 Å². The third-order valence-electron chi connectivity index (χ3n) is 4.01. The van der Waals surface area contributed by atoms with Gasteiger partial charge in [-0.05, 0) is 42.8 Å². The zero-order chi connectivity index (χ0) is 23.1. The van der Waals surface area contributed by atoms with Crippen molar-refractivity contribution >= 4 is 21.7 Å². The highest BCUT2D eigenvalue weighted by Gasteiger charge is 2.32. The van der Waals surface area contributed by atoms with E-state index in [1.807, 2.05) is 0 Å². The minimum atomic E-state index is -5.02. The van der Waals surface area contributed by atoms with E-state index in [9.17, 15) is 39.7 Å². The van der Waals surface area contributed by atoms with Crippen molar-refractivity contribution in [2.75, 3.05) is 5.75 Å². The Kier molecular flexibility index (Phi) is 5.82. The molecule has 13 heteroatoms. The lowest BCUT2D eigenvalue weighted by Crippen LogP contribution is -2.22. The molecule has 3 aromatic rings. The van der Waals surface area contributed by atoms with Crippen LogP contribution in [0, 0.1) is 12.7 Å². The van der Waals surface area contributed by atoms with E-state index in [4.69, 9.17) is 0 Å². The fourth-order valence-corrected chi connectivity index (χ4v) is 3.88. The van der Waals surface area contributed by atoms with E-state index in [0.29, 0.717) is 4.57 Å². The molecular weight excluding hydrogens is 457 g/mol. The largest absolute Gasteiger partial charge is 0.573 e. The third kappa shape index (κ3) is 5.21. The van der Waals surface area contributed by atoms with Crippen molar-refractivity contribution in [2.24, 2.45) is 0 Å². The van der Waals surface area contributed by atoms with Gasteiger partial charge in [0.1, 0.15) is 23.6 Å². The summed E-state index contributed by atoms with van der Waals surface area (Å²) in [6, 6.07) is 4.38. The molecule has 0 spiro atoms. The lowest BCUT2D eigenvalue weighted by Gasteiger charge is -2.14. The molecule has 0 N–H and O–H groups in total. The fraction of sp³-hybridized carbons (Fsp3) is 0.222. The zero-order valence-electron chi connectivity index (χ0n) is 15.3. The Morgan fingerprint density at radius 3 is 2.39 bits per heavy atom. The summed E-state index contributed by atoms with van der Waals surface area (Å²) in [4.78, 5) is 16.3. The summed E-state index contributed by atoms with van der Waals surface area (Å²) in [5.41, 5.74) is -1.62. The van der Waals surface area contributed by atoms with E-state index in [2.05, 4.69) is 9.72 Å². The minimum Gasteiger partial charge on any atom is -0.406 e. The van der Waals surface area contributed by atoms with Crippen molar-refractivity contribution in [1.29, 1.82) is 0 Å². The molecule has 5 nitrogen and oxygen atoms in total. The normalized spacial score (nSPS) is 13.4. The van der Waals surface area contributed by atoms with Gasteiger partial charge in [-0.1, -0.05) is 0 Å². The number of alkyl halides is 6. The maximum atomic E-state index is 14.5. The van der Waals surface area contributed by atoms with Gasteiger partial charge in [-0.15, -0.1) is 13.2 Å². The van der Waals surface area contributed by atoms with Gasteiger partial charge in [0.05, 0.1) is 27.4 Å². The standard InChI is InChI=1S/C18H11F7N2O3S/c1-9-4-12(19)14(6-15(9)31(29)7-17(20,21)22)27-8-26-13-3-2-10(30-18(23,24)25)5-11(13)16(27)28/h2-6,8H,7H2,1H3. The summed E-state index contributed by atoms with van der Waals surface area (Å²) < 4.78 is 106. The molecule has 0 saturated carbocycles. The van der Waals surface area contributed by atoms with Gasteiger partial charge >= 0.3 is 12.5 Å². The molecule has 0 aliphatic rings. The van der Waals surface area contributed by atoms with Gasteiger partial charge in [-0.3, -0.25) is 13.6 Å². The predicted molar refractivity (Wildman–Crippen MR) is 96.0 cm³/mol. The predicted octanol–water partition coefficient (Wildman–Crippen LogP) is 4.40. The van der Waals surface area contributed by atoms with Crippen LogP contribution in [-0.2, 0) is 10.8 Å². The highest BCUT2D eigenvalue weighted by Crippen LogP contribution is 2.27. The maximum absolute atomic E-state index is 14.5. The van der Waals surface area contributed by atoms with E-state index in [-0.39, 0.29) is 21.4 Å². The Labute approximate surface area is 171 Å². The first-order valence-electron chi connectivity index (χ1n) is 8.28. The Morgan fingerprint density at radius 2 is 1.77 bits per heavy atom. The number of hydrogen-bond donors (Lipinski definition) is 0. The Balaban J connectivity index is 2.14. The van der Waals surface area contributed by atoms with Gasteiger partial charge in [0, 0.05) is 4.90 Å². The number of benzene rings is 2. The Hall–Kier alpha value is -2.96. The van der Waals surface area contributed by atoms with E-state index >= 15 is 0 Å². The smallest absolute Gasteiger partial charge is 0.406 e. The molecule has 0 saturated heterocycles. The molecule has 1 aromatic heterocycles. The lowest BCUT2D eigenvalue weighted by molar-refractivity contribution is -0.274. The molecule has 2 aromatic carbocycles. The Morgan fingerprint density at radius 1 is 1.10 bits per heavy atom. The summed E-state index contributed by atoms with van der Waals surface area (Å²) in [5, 5.41) is -0.359. The fourth-order valence-electron chi connectivity index (χ4n) is 2.77. The zero-order valence-corrected chi connectivity index (χ0v) is 16.2. The number of ether oxygens (including phenoxy) is 1. The number of halogens is 7. The van der Waals surface area contributed by atoms with E-state index in [1.54, 1.807) is 0 Å². The van der Waals surface area contributed by atoms with Gasteiger partial charge in [-0.2, -0.15) is 13.2 Å². The number of aryl methyl sites for hydroxylation is 1. The quantitative estimate of drug-likeness (QED) is 0.533. The van der Waals surface area contributed by atoms with Crippen LogP contribution < -0.4 is 10.3 Å². The summed E-state index contributed by atoms with van der Waals surface area (Å²) in [7, 11) is -2.58. The van der Waals surface area contributed by atoms with Crippen molar-refractivity contribution in [3.05, 3.63) is 58.4 Å². The number of fused-ring (bicyclic) bond motifs is 1. The summed E-state index contributed by atoms with van der Waals surface area (Å²) in [5.74, 6) is -3.42. The first-order chi connectivity index (χ1) is 14.2. The van der Waals surface area contributed by atoms with Crippen molar-refractivity contribution in [3.63, 3.8) is 0 Å². The second kappa shape index (κ2) is 7.94. The molecule has 0 bridgehead atoms. The highest BCUT2D eigenvalue weighted by molar-refractivity contribution is 7.85. The van der Waals surface area contributed by atoms with Crippen molar-refractivity contribution < 1.29 is 39.7 Å². The lowest BCUT2D eigenvalue weighted by atomic mass is 10.2. The average molecular weight is 468 g/mol. The van der Waals surface area contributed by atoms with Gasteiger partial charge in [-0.25, -0.2) is 9.37 Å². The molecule has 0 aliphatic heterocycles. The summed E-state index contributed by atoms with van der Waals surface area (Å²) in [6.07, 6.45) is -8.91. The molecule has 1 heterocycles. The summed E-state index contributed by atoms with van der Waals surface area (Å²) >= 11 is 0. The second-order valence-corrected chi connectivity index (χ2v) is 7.74. The molecule has 166 valence electrons. The van der Waals surface area contributed by atoms with Crippen LogP contribution in [0.15, 0.2) is 46.3 Å². The highest BCUT2D eigenvalue weighted by atomic mass is 32.2. The monoisotopic (exact) mass is 468 g/mol. The molecular formula is C18H11F7N2O3S. The molecule has 0 radical (unpaired) electrons. The van der Waals surface area contributed by atoms with Crippen LogP contribution in [0.3, 0.4) is 0 Å². The molecule has 1 unspecified atom stereocenters. The molecule has 0 amide bonds. The third-order valence-corrected chi connectivity index (χ3v) is 5.53. The van der Waals surface area contributed by atoms with E-state index in [0.717, 1.165) is 36.7 Å². The minimum absolute atomic E-state index is 0.0239. The number of rotatable bonds is 4. The topological polar surface area (TPSA) is 61.2 Å². The van der Waals surface area contributed by atoms with Crippen LogP contribution in [0.1, 0.15) is 5.56 Å². The van der Waals surface area contributed by atoms with Crippen LogP contribution in [0.5, 0.6) is 5.75 Å². The first-order valence-corrected chi connectivity index (χ1v) is 9.60. The van der Waals surface area contributed by atoms with E-state index in [1.165, 1.54) is 6.92 Å². The van der Waals surface area contributed by atoms with Crippen molar-refractivity contribution in [2.45, 2.75) is 24.4 Å². The van der Waals surface area contributed by atoms with Gasteiger partial charge in [0.25, 0.3) is 5.56 Å². The number of nitrogens with zero attached hydrogens (tertiary/aromatic N) is 2. The molecule has 0 aliphatic carbocycles. The van der Waals surface area contributed by atoms with Gasteiger partial charge < -0.3 is 4.74 Å². The SMILES string of the molecule is Cc1cc(F)c(-n2cnc3ccc(OC(F)(F)F)cc3c2=O)cc1S(=O)CC(F)(F)F. The molecule has 3 rings (SSSR count). The van der Waals surface area contributed by atoms with Crippen LogP contribution in [0.2, 0.25) is 0 Å². The van der Waals surface area contributed by atoms with Gasteiger partial charge in [0.15, 0.2) is 0 Å². The van der Waals surface area contributed by atoms with Crippen LogP contribution in [0.25, 0.3) is 16.6 Å². The second-order valence-electron chi connectivity index (χ2n) is 6.32. The number of hydrogen-bond acceptors (Lipinski definition) is 4. The molecule has 31 heavy (non-hydrogen) atoms. The molecule has 1 atom stereocenters. The van der Waals surface area contributed by atoms with Gasteiger partial charge in [0.2, 0.25) is 0 Å². The first kappa shape index (κ1) is 22.7. The maximum Gasteiger partial charge on any atom is 0.573 e. The van der Waals surface area contributed by atoms with Crippen LogP contribution in [-0.4, -0.2) is 32.1 Å². The van der Waals surface area contributed by atoms with Crippen molar-refractivity contribution in [3.8, 4) is 11.4 Å². The van der Waals surface area contributed by atoms with Crippen LogP contribution in [0.4, 0.5) is 30.7 Å². The molecule has 0 fully saturated rings. The average Bonchev–Trinajstić information content (AvgIpc) is 2.60. The Bertz CT molecular complexity index is 1240.